The lowest BCUT2D eigenvalue weighted by Gasteiger charge is -2.18. The molecular formula is C19H19NO6. The SMILES string of the molecule is O=C(COc1cccc(C(=O)O)c1)NCCc1ccc2c(c1)OCCO2. The summed E-state index contributed by atoms with van der Waals surface area (Å²) in [5.41, 5.74) is 1.14. The van der Waals surface area contributed by atoms with Gasteiger partial charge in [-0.3, -0.25) is 4.79 Å². The third-order valence-electron chi connectivity index (χ3n) is 3.79. The molecule has 0 saturated heterocycles. The highest BCUT2D eigenvalue weighted by molar-refractivity contribution is 5.88. The summed E-state index contributed by atoms with van der Waals surface area (Å²) in [5.74, 6) is 0.484. The van der Waals surface area contributed by atoms with Crippen molar-refractivity contribution in [2.45, 2.75) is 6.42 Å². The van der Waals surface area contributed by atoms with E-state index in [4.69, 9.17) is 19.3 Å². The summed E-state index contributed by atoms with van der Waals surface area (Å²) < 4.78 is 16.3. The Kier molecular flexibility index (Phi) is 5.58. The van der Waals surface area contributed by atoms with Crippen LogP contribution in [-0.2, 0) is 11.2 Å². The summed E-state index contributed by atoms with van der Waals surface area (Å²) >= 11 is 0. The van der Waals surface area contributed by atoms with Crippen molar-refractivity contribution < 1.29 is 28.9 Å². The molecule has 0 unspecified atom stereocenters. The maximum atomic E-state index is 11.9. The van der Waals surface area contributed by atoms with Crippen molar-refractivity contribution in [2.75, 3.05) is 26.4 Å². The predicted octanol–water partition coefficient (Wildman–Crippen LogP) is 1.89. The zero-order valence-corrected chi connectivity index (χ0v) is 14.1. The molecule has 0 saturated carbocycles. The number of rotatable bonds is 7. The number of fused-ring (bicyclic) bond motifs is 1. The van der Waals surface area contributed by atoms with Crippen LogP contribution in [0.5, 0.6) is 17.2 Å². The first-order valence-electron chi connectivity index (χ1n) is 8.23. The Morgan fingerprint density at radius 3 is 2.69 bits per heavy atom. The standard InChI is InChI=1S/C19H19NO6/c21-18(12-26-15-3-1-2-14(11-15)19(22)23)20-7-6-13-4-5-16-17(10-13)25-9-8-24-16/h1-5,10-11H,6-9,12H2,(H,20,21)(H,22,23). The Balaban J connectivity index is 1.43. The molecule has 0 atom stereocenters. The van der Waals surface area contributed by atoms with Gasteiger partial charge >= 0.3 is 5.97 Å². The van der Waals surface area contributed by atoms with Crippen LogP contribution in [0.2, 0.25) is 0 Å². The van der Waals surface area contributed by atoms with Crippen LogP contribution in [0.1, 0.15) is 15.9 Å². The molecule has 3 rings (SSSR count). The topological polar surface area (TPSA) is 94.1 Å². The van der Waals surface area contributed by atoms with Gasteiger partial charge in [-0.1, -0.05) is 12.1 Å². The Hall–Kier alpha value is -3.22. The normalized spacial score (nSPS) is 12.3. The van der Waals surface area contributed by atoms with E-state index in [-0.39, 0.29) is 18.1 Å². The average Bonchev–Trinajstić information content (AvgIpc) is 2.66. The zero-order chi connectivity index (χ0) is 18.4. The summed E-state index contributed by atoms with van der Waals surface area (Å²) in [6, 6.07) is 11.7. The number of amides is 1. The second-order valence-electron chi connectivity index (χ2n) is 5.70. The molecule has 2 aromatic carbocycles. The van der Waals surface area contributed by atoms with E-state index >= 15 is 0 Å². The minimum Gasteiger partial charge on any atom is -0.486 e. The third-order valence-corrected chi connectivity index (χ3v) is 3.79. The molecule has 1 heterocycles. The fourth-order valence-electron chi connectivity index (χ4n) is 2.51. The van der Waals surface area contributed by atoms with Crippen LogP contribution >= 0.6 is 0 Å². The number of carboxylic acid groups (broad SMARTS) is 1. The number of carbonyl (C=O) groups is 2. The van der Waals surface area contributed by atoms with Gasteiger partial charge in [0, 0.05) is 6.54 Å². The number of ether oxygens (including phenoxy) is 3. The molecule has 0 spiro atoms. The first kappa shape index (κ1) is 17.6. The van der Waals surface area contributed by atoms with E-state index in [9.17, 15) is 9.59 Å². The fourth-order valence-corrected chi connectivity index (χ4v) is 2.51. The van der Waals surface area contributed by atoms with Crippen LogP contribution in [0.3, 0.4) is 0 Å². The van der Waals surface area contributed by atoms with Gasteiger partial charge in [0.05, 0.1) is 5.56 Å². The van der Waals surface area contributed by atoms with Crippen LogP contribution in [0.25, 0.3) is 0 Å². The lowest BCUT2D eigenvalue weighted by molar-refractivity contribution is -0.123. The average molecular weight is 357 g/mol. The molecule has 0 aliphatic carbocycles. The lowest BCUT2D eigenvalue weighted by Crippen LogP contribution is -2.30. The Bertz CT molecular complexity index is 804. The van der Waals surface area contributed by atoms with Crippen molar-refractivity contribution in [3.63, 3.8) is 0 Å². The van der Waals surface area contributed by atoms with Gasteiger partial charge in [-0.2, -0.15) is 0 Å². The van der Waals surface area contributed by atoms with Crippen LogP contribution in [0.4, 0.5) is 0 Å². The van der Waals surface area contributed by atoms with E-state index in [0.717, 1.165) is 17.1 Å². The first-order chi connectivity index (χ1) is 12.6. The molecule has 136 valence electrons. The maximum Gasteiger partial charge on any atom is 0.335 e. The lowest BCUT2D eigenvalue weighted by atomic mass is 10.1. The molecule has 1 amide bonds. The minimum atomic E-state index is -1.04. The van der Waals surface area contributed by atoms with Gasteiger partial charge < -0.3 is 24.6 Å². The Morgan fingerprint density at radius 2 is 1.88 bits per heavy atom. The molecule has 1 aliphatic rings. The summed E-state index contributed by atoms with van der Waals surface area (Å²) in [5, 5.41) is 11.7. The Morgan fingerprint density at radius 1 is 1.08 bits per heavy atom. The molecule has 7 heteroatoms. The number of carboxylic acids is 1. The van der Waals surface area contributed by atoms with Crippen LogP contribution in [0, 0.1) is 0 Å². The number of nitrogens with one attached hydrogen (secondary N) is 1. The summed E-state index contributed by atoms with van der Waals surface area (Å²) in [6.07, 6.45) is 0.650. The number of benzene rings is 2. The molecule has 0 aromatic heterocycles. The first-order valence-corrected chi connectivity index (χ1v) is 8.23. The summed E-state index contributed by atoms with van der Waals surface area (Å²) in [4.78, 5) is 22.8. The molecule has 7 nitrogen and oxygen atoms in total. The van der Waals surface area contributed by atoms with Crippen molar-refractivity contribution >= 4 is 11.9 Å². The highest BCUT2D eigenvalue weighted by Crippen LogP contribution is 2.30. The largest absolute Gasteiger partial charge is 0.486 e. The van der Waals surface area contributed by atoms with Crippen molar-refractivity contribution in [3.8, 4) is 17.2 Å². The van der Waals surface area contributed by atoms with Gasteiger partial charge in [-0.05, 0) is 42.3 Å². The second-order valence-corrected chi connectivity index (χ2v) is 5.70. The molecule has 1 aliphatic heterocycles. The molecule has 2 N–H and O–H groups in total. The Labute approximate surface area is 150 Å². The van der Waals surface area contributed by atoms with Gasteiger partial charge in [0.15, 0.2) is 18.1 Å². The smallest absolute Gasteiger partial charge is 0.335 e. The van der Waals surface area contributed by atoms with E-state index in [2.05, 4.69) is 5.32 Å². The van der Waals surface area contributed by atoms with E-state index in [0.29, 0.717) is 31.9 Å². The van der Waals surface area contributed by atoms with E-state index in [1.807, 2.05) is 18.2 Å². The van der Waals surface area contributed by atoms with Gasteiger partial charge in [-0.25, -0.2) is 4.79 Å². The molecule has 0 fully saturated rings. The second kappa shape index (κ2) is 8.24. The van der Waals surface area contributed by atoms with E-state index in [1.165, 1.54) is 12.1 Å². The molecule has 2 aromatic rings. The third kappa shape index (κ3) is 4.66. The quantitative estimate of drug-likeness (QED) is 0.786. The van der Waals surface area contributed by atoms with E-state index < -0.39 is 5.97 Å². The highest BCUT2D eigenvalue weighted by atomic mass is 16.6. The van der Waals surface area contributed by atoms with Crippen molar-refractivity contribution in [2.24, 2.45) is 0 Å². The predicted molar refractivity (Wildman–Crippen MR) is 93.0 cm³/mol. The van der Waals surface area contributed by atoms with Crippen LogP contribution in [-0.4, -0.2) is 43.3 Å². The summed E-state index contributed by atoms with van der Waals surface area (Å²) in [6.45, 7) is 1.37. The van der Waals surface area contributed by atoms with Crippen LogP contribution < -0.4 is 19.5 Å². The van der Waals surface area contributed by atoms with Gasteiger partial charge in [-0.15, -0.1) is 0 Å². The fraction of sp³-hybridized carbons (Fsp3) is 0.263. The van der Waals surface area contributed by atoms with Crippen molar-refractivity contribution in [1.29, 1.82) is 0 Å². The number of hydrogen-bond acceptors (Lipinski definition) is 5. The zero-order valence-electron chi connectivity index (χ0n) is 14.1. The minimum absolute atomic E-state index is 0.113. The number of hydrogen-bond donors (Lipinski definition) is 2. The number of aromatic carboxylic acids is 1. The van der Waals surface area contributed by atoms with Gasteiger partial charge in [0.1, 0.15) is 19.0 Å². The van der Waals surface area contributed by atoms with Gasteiger partial charge in [0.2, 0.25) is 0 Å². The van der Waals surface area contributed by atoms with Crippen LogP contribution in [0.15, 0.2) is 42.5 Å². The van der Waals surface area contributed by atoms with E-state index in [1.54, 1.807) is 12.1 Å². The maximum absolute atomic E-state index is 11.9. The summed E-state index contributed by atoms with van der Waals surface area (Å²) in [7, 11) is 0. The van der Waals surface area contributed by atoms with Crippen molar-refractivity contribution in [1.82, 2.24) is 5.32 Å². The van der Waals surface area contributed by atoms with Crippen molar-refractivity contribution in [3.05, 3.63) is 53.6 Å². The molecule has 26 heavy (non-hydrogen) atoms. The number of carbonyl (C=O) groups excluding carboxylic acids is 1. The highest BCUT2D eigenvalue weighted by Gasteiger charge is 2.12. The van der Waals surface area contributed by atoms with Gasteiger partial charge in [0.25, 0.3) is 5.91 Å². The molecular weight excluding hydrogens is 338 g/mol. The monoisotopic (exact) mass is 357 g/mol. The molecule has 0 bridgehead atoms. The molecule has 0 radical (unpaired) electrons.